The maximum absolute atomic E-state index is 13.6. The van der Waals surface area contributed by atoms with Crippen LogP contribution < -0.4 is 0 Å². The summed E-state index contributed by atoms with van der Waals surface area (Å²) in [6.45, 7) is 2.66. The molecule has 5 heteroatoms. The van der Waals surface area contributed by atoms with Crippen LogP contribution in [0.15, 0.2) is 71.4 Å². The standard InChI is InChI=1S/C23H22N2OS2/c1-23(18-8-4-3-5-9-18,22(26)25(2)15-17-12-13-27-16-17)14-21-24-19-10-6-7-11-20(19)28-21/h3-13,16H,14-15H2,1-2H3. The molecule has 0 aliphatic heterocycles. The fourth-order valence-corrected chi connectivity index (χ4v) is 5.34. The fourth-order valence-electron chi connectivity index (χ4n) is 3.55. The van der Waals surface area contributed by atoms with Crippen LogP contribution >= 0.6 is 22.7 Å². The summed E-state index contributed by atoms with van der Waals surface area (Å²) in [5.74, 6) is 0.115. The summed E-state index contributed by atoms with van der Waals surface area (Å²) < 4.78 is 1.16. The van der Waals surface area contributed by atoms with Gasteiger partial charge < -0.3 is 4.90 Å². The number of thiazole rings is 1. The van der Waals surface area contributed by atoms with E-state index in [-0.39, 0.29) is 5.91 Å². The number of para-hydroxylation sites is 1. The number of likely N-dealkylation sites (N-methyl/N-ethyl adjacent to an activating group) is 1. The normalized spacial score (nSPS) is 13.4. The molecule has 2 aromatic carbocycles. The van der Waals surface area contributed by atoms with Gasteiger partial charge in [-0.3, -0.25) is 4.79 Å². The van der Waals surface area contributed by atoms with Crippen LogP contribution in [0.25, 0.3) is 10.2 Å². The topological polar surface area (TPSA) is 33.2 Å². The number of rotatable bonds is 6. The number of hydrogen-bond acceptors (Lipinski definition) is 4. The lowest BCUT2D eigenvalue weighted by molar-refractivity contribution is -0.136. The zero-order valence-electron chi connectivity index (χ0n) is 16.0. The molecule has 2 aromatic heterocycles. The SMILES string of the molecule is CN(Cc1ccsc1)C(=O)C(C)(Cc1nc2ccccc2s1)c1ccccc1. The van der Waals surface area contributed by atoms with Gasteiger partial charge in [0.2, 0.25) is 5.91 Å². The first-order valence-corrected chi connectivity index (χ1v) is 11.0. The van der Waals surface area contributed by atoms with Gasteiger partial charge in [-0.15, -0.1) is 11.3 Å². The lowest BCUT2D eigenvalue weighted by Crippen LogP contribution is -2.44. The molecule has 28 heavy (non-hydrogen) atoms. The van der Waals surface area contributed by atoms with Crippen LogP contribution in [0.5, 0.6) is 0 Å². The summed E-state index contributed by atoms with van der Waals surface area (Å²) in [5, 5.41) is 5.13. The molecule has 4 rings (SSSR count). The van der Waals surface area contributed by atoms with Crippen molar-refractivity contribution in [3.05, 3.63) is 87.6 Å². The Bertz CT molecular complexity index is 1040. The minimum Gasteiger partial charge on any atom is -0.341 e. The van der Waals surface area contributed by atoms with E-state index in [0.29, 0.717) is 13.0 Å². The molecule has 3 nitrogen and oxygen atoms in total. The monoisotopic (exact) mass is 406 g/mol. The number of aromatic nitrogens is 1. The Morgan fingerprint density at radius 2 is 1.82 bits per heavy atom. The van der Waals surface area contributed by atoms with E-state index in [1.54, 1.807) is 22.7 Å². The minimum atomic E-state index is -0.667. The highest BCUT2D eigenvalue weighted by Crippen LogP contribution is 2.33. The number of fused-ring (bicyclic) bond motifs is 1. The third-order valence-electron chi connectivity index (χ3n) is 5.07. The molecule has 142 valence electrons. The van der Waals surface area contributed by atoms with Gasteiger partial charge in [0, 0.05) is 20.0 Å². The van der Waals surface area contributed by atoms with Gasteiger partial charge in [-0.25, -0.2) is 4.98 Å². The molecule has 2 heterocycles. The Kier molecular flexibility index (Phi) is 5.29. The lowest BCUT2D eigenvalue weighted by atomic mass is 9.78. The molecular formula is C23H22N2OS2. The van der Waals surface area contributed by atoms with Crippen molar-refractivity contribution in [2.45, 2.75) is 25.3 Å². The van der Waals surface area contributed by atoms with Crippen LogP contribution in [-0.4, -0.2) is 22.8 Å². The van der Waals surface area contributed by atoms with E-state index in [1.807, 2.05) is 72.8 Å². The number of carbonyl (C=O) groups is 1. The van der Waals surface area contributed by atoms with Crippen LogP contribution in [0.4, 0.5) is 0 Å². The van der Waals surface area contributed by atoms with Gasteiger partial charge in [0.1, 0.15) is 0 Å². The highest BCUT2D eigenvalue weighted by molar-refractivity contribution is 7.18. The van der Waals surface area contributed by atoms with Crippen LogP contribution in [0.2, 0.25) is 0 Å². The Balaban J connectivity index is 1.68. The fraction of sp³-hybridized carbons (Fsp3) is 0.217. The van der Waals surface area contributed by atoms with Gasteiger partial charge in [-0.1, -0.05) is 42.5 Å². The maximum atomic E-state index is 13.6. The molecule has 1 amide bonds. The largest absolute Gasteiger partial charge is 0.341 e. The molecule has 0 saturated carbocycles. The molecule has 0 aliphatic carbocycles. The third-order valence-corrected chi connectivity index (χ3v) is 6.84. The first kappa shape index (κ1) is 18.8. The van der Waals surface area contributed by atoms with Crippen LogP contribution in [-0.2, 0) is 23.2 Å². The average molecular weight is 407 g/mol. The molecule has 4 aromatic rings. The summed E-state index contributed by atoms with van der Waals surface area (Å²) in [7, 11) is 1.89. The second-order valence-electron chi connectivity index (χ2n) is 7.24. The number of hydrogen-bond donors (Lipinski definition) is 0. The summed E-state index contributed by atoms with van der Waals surface area (Å²) in [6.07, 6.45) is 0.586. The van der Waals surface area contributed by atoms with Crippen LogP contribution in [0.1, 0.15) is 23.1 Å². The lowest BCUT2D eigenvalue weighted by Gasteiger charge is -2.32. The quantitative estimate of drug-likeness (QED) is 0.423. The highest BCUT2D eigenvalue weighted by Gasteiger charge is 2.38. The molecular weight excluding hydrogens is 384 g/mol. The van der Waals surface area contributed by atoms with Gasteiger partial charge in [-0.2, -0.15) is 11.3 Å². The summed E-state index contributed by atoms with van der Waals surface area (Å²) in [6, 6.07) is 20.3. The molecule has 1 atom stereocenters. The van der Waals surface area contributed by atoms with Crippen LogP contribution in [0, 0.1) is 0 Å². The van der Waals surface area contributed by atoms with Crippen molar-refractivity contribution in [1.82, 2.24) is 9.88 Å². The molecule has 0 aliphatic rings. The summed E-state index contributed by atoms with van der Waals surface area (Å²) >= 11 is 3.33. The van der Waals surface area contributed by atoms with Gasteiger partial charge in [-0.05, 0) is 47.0 Å². The van der Waals surface area contributed by atoms with Gasteiger partial charge in [0.05, 0.1) is 20.6 Å². The van der Waals surface area contributed by atoms with E-state index in [2.05, 4.69) is 17.5 Å². The smallest absolute Gasteiger partial charge is 0.233 e. The van der Waals surface area contributed by atoms with Crippen LogP contribution in [0.3, 0.4) is 0 Å². The van der Waals surface area contributed by atoms with Gasteiger partial charge >= 0.3 is 0 Å². The Morgan fingerprint density at radius 3 is 2.54 bits per heavy atom. The zero-order chi connectivity index (χ0) is 19.6. The summed E-state index contributed by atoms with van der Waals surface area (Å²) in [5.41, 5.74) is 2.52. The number of carbonyl (C=O) groups excluding carboxylic acids is 1. The van der Waals surface area contributed by atoms with Gasteiger partial charge in [0.25, 0.3) is 0 Å². The number of benzene rings is 2. The molecule has 0 N–H and O–H groups in total. The van der Waals surface area contributed by atoms with E-state index in [9.17, 15) is 4.79 Å². The molecule has 0 saturated heterocycles. The van der Waals surface area contributed by atoms with Crippen molar-refractivity contribution < 1.29 is 4.79 Å². The third kappa shape index (κ3) is 3.73. The van der Waals surface area contributed by atoms with Crippen molar-refractivity contribution in [3.8, 4) is 0 Å². The van der Waals surface area contributed by atoms with Gasteiger partial charge in [0.15, 0.2) is 0 Å². The van der Waals surface area contributed by atoms with E-state index >= 15 is 0 Å². The molecule has 0 radical (unpaired) electrons. The molecule has 1 unspecified atom stereocenters. The first-order chi connectivity index (χ1) is 13.6. The second-order valence-corrected chi connectivity index (χ2v) is 9.14. The predicted molar refractivity (Wildman–Crippen MR) is 118 cm³/mol. The second kappa shape index (κ2) is 7.86. The van der Waals surface area contributed by atoms with Crippen molar-refractivity contribution in [2.24, 2.45) is 0 Å². The van der Waals surface area contributed by atoms with Crippen molar-refractivity contribution >= 4 is 38.8 Å². The van der Waals surface area contributed by atoms with E-state index in [1.165, 1.54) is 0 Å². The Hall–Kier alpha value is -2.50. The van der Waals surface area contributed by atoms with Crippen molar-refractivity contribution in [1.29, 1.82) is 0 Å². The summed E-state index contributed by atoms with van der Waals surface area (Å²) in [4.78, 5) is 20.2. The molecule has 0 bridgehead atoms. The predicted octanol–water partition coefficient (Wildman–Crippen LogP) is 5.52. The molecule has 0 fully saturated rings. The number of thiophene rings is 1. The van der Waals surface area contributed by atoms with Crippen molar-refractivity contribution in [3.63, 3.8) is 0 Å². The highest BCUT2D eigenvalue weighted by atomic mass is 32.1. The Labute approximate surface area is 173 Å². The Morgan fingerprint density at radius 1 is 1.07 bits per heavy atom. The van der Waals surface area contributed by atoms with E-state index in [0.717, 1.165) is 26.4 Å². The van der Waals surface area contributed by atoms with E-state index < -0.39 is 5.41 Å². The number of amides is 1. The first-order valence-electron chi connectivity index (χ1n) is 9.23. The van der Waals surface area contributed by atoms with E-state index in [4.69, 9.17) is 4.98 Å². The maximum Gasteiger partial charge on any atom is 0.233 e. The average Bonchev–Trinajstić information content (AvgIpc) is 3.36. The number of nitrogens with zero attached hydrogens (tertiary/aromatic N) is 2. The minimum absolute atomic E-state index is 0.115. The molecule has 0 spiro atoms. The zero-order valence-corrected chi connectivity index (χ0v) is 17.6. The van der Waals surface area contributed by atoms with Crippen molar-refractivity contribution in [2.75, 3.05) is 7.05 Å².